The van der Waals surface area contributed by atoms with Crippen LogP contribution in [0.3, 0.4) is 0 Å². The van der Waals surface area contributed by atoms with Gasteiger partial charge in [-0.3, -0.25) is 4.79 Å². The minimum atomic E-state index is -0.733. The highest BCUT2D eigenvalue weighted by Gasteiger charge is 2.67. The zero-order valence-corrected chi connectivity index (χ0v) is 21.4. The highest BCUT2D eigenvalue weighted by Crippen LogP contribution is 2.74. The van der Waals surface area contributed by atoms with E-state index >= 15 is 0 Å². The van der Waals surface area contributed by atoms with E-state index in [1.54, 1.807) is 0 Å². The summed E-state index contributed by atoms with van der Waals surface area (Å²) in [5.41, 5.74) is 1.82. The lowest BCUT2D eigenvalue weighted by Crippen LogP contribution is -2.65. The van der Waals surface area contributed by atoms with Gasteiger partial charge in [-0.1, -0.05) is 48.5 Å². The van der Waals surface area contributed by atoms with Crippen LogP contribution in [-0.4, -0.2) is 17.0 Å². The fourth-order valence-electron chi connectivity index (χ4n) is 10.7. The van der Waals surface area contributed by atoms with Crippen molar-refractivity contribution >= 4 is 5.78 Å². The van der Waals surface area contributed by atoms with E-state index in [0.717, 1.165) is 17.8 Å². The number of hydrogen-bond donors (Lipinski definition) is 1. The molecule has 31 heavy (non-hydrogen) atoms. The molecular weight excluding hydrogens is 380 g/mol. The van der Waals surface area contributed by atoms with Crippen LogP contribution in [0.5, 0.6) is 0 Å². The number of Topliss-reactive ketones (excluding diaryl/α,β-unsaturated/α-hetero) is 1. The third-order valence-corrected chi connectivity index (χ3v) is 13.0. The Morgan fingerprint density at radius 3 is 2.10 bits per heavy atom. The summed E-state index contributed by atoms with van der Waals surface area (Å²) < 4.78 is 0. The fraction of sp³-hybridized carbons (Fsp3) is 0.966. The van der Waals surface area contributed by atoms with Gasteiger partial charge in [-0.2, -0.15) is 0 Å². The summed E-state index contributed by atoms with van der Waals surface area (Å²) in [4.78, 5) is 12.7. The van der Waals surface area contributed by atoms with Crippen LogP contribution in [0.2, 0.25) is 0 Å². The van der Waals surface area contributed by atoms with Crippen LogP contribution >= 0.6 is 0 Å². The number of ketones is 1. The Morgan fingerprint density at radius 2 is 1.39 bits per heavy atom. The molecule has 0 saturated heterocycles. The summed E-state index contributed by atoms with van der Waals surface area (Å²) in [6, 6.07) is 0. The Morgan fingerprint density at radius 1 is 0.742 bits per heavy atom. The molecule has 5 aliphatic carbocycles. The molecule has 0 heterocycles. The van der Waals surface area contributed by atoms with E-state index in [1.165, 1.54) is 57.8 Å². The lowest BCUT2D eigenvalue weighted by molar-refractivity contribution is -0.225. The third kappa shape index (κ3) is 2.88. The minimum absolute atomic E-state index is 0.00153. The van der Waals surface area contributed by atoms with E-state index in [2.05, 4.69) is 48.5 Å². The average molecular weight is 429 g/mol. The summed E-state index contributed by atoms with van der Waals surface area (Å²) >= 11 is 0. The van der Waals surface area contributed by atoms with Crippen LogP contribution in [0.15, 0.2) is 0 Å². The molecule has 0 bridgehead atoms. The van der Waals surface area contributed by atoms with Crippen molar-refractivity contribution < 1.29 is 9.90 Å². The van der Waals surface area contributed by atoms with Crippen molar-refractivity contribution in [2.75, 3.05) is 0 Å². The van der Waals surface area contributed by atoms with Gasteiger partial charge in [0.2, 0.25) is 0 Å². The van der Waals surface area contributed by atoms with Crippen molar-refractivity contribution in [2.24, 2.45) is 56.7 Å². The zero-order valence-electron chi connectivity index (χ0n) is 21.4. The molecule has 2 heteroatoms. The van der Waals surface area contributed by atoms with Gasteiger partial charge < -0.3 is 5.11 Å². The first-order valence-corrected chi connectivity index (χ1v) is 13.5. The molecule has 5 aliphatic rings. The number of carbonyl (C=O) groups excluding carboxylic acids is 1. The van der Waals surface area contributed by atoms with Crippen molar-refractivity contribution in [3.05, 3.63) is 0 Å². The van der Waals surface area contributed by atoms with Gasteiger partial charge in [-0.05, 0) is 115 Å². The Kier molecular flexibility index (Phi) is 4.78. The number of hydrogen-bond acceptors (Lipinski definition) is 2. The van der Waals surface area contributed by atoms with Gasteiger partial charge in [0, 0.05) is 5.92 Å². The average Bonchev–Trinajstić information content (AvgIpc) is 2.69. The zero-order chi connectivity index (χ0) is 22.6. The molecule has 0 aromatic carbocycles. The third-order valence-electron chi connectivity index (χ3n) is 13.0. The van der Waals surface area contributed by atoms with Crippen LogP contribution in [0.4, 0.5) is 0 Å². The van der Waals surface area contributed by atoms with E-state index < -0.39 is 6.10 Å². The normalized spacial score (nSPS) is 58.5. The Hall–Kier alpha value is -0.370. The fourth-order valence-corrected chi connectivity index (χ4v) is 10.7. The van der Waals surface area contributed by atoms with Crippen LogP contribution in [-0.2, 0) is 4.79 Å². The molecular formula is C29H48O2. The first-order chi connectivity index (χ1) is 14.3. The molecule has 0 amide bonds. The quantitative estimate of drug-likeness (QED) is 0.449. The largest absolute Gasteiger partial charge is 0.385 e. The monoisotopic (exact) mass is 428 g/mol. The summed E-state index contributed by atoms with van der Waals surface area (Å²) in [7, 11) is 0. The molecule has 0 radical (unpaired) electrons. The Bertz CT molecular complexity index is 771. The lowest BCUT2D eigenvalue weighted by atomic mass is 9.33. The van der Waals surface area contributed by atoms with Gasteiger partial charge in [0.15, 0.2) is 5.78 Å². The molecule has 0 aliphatic heterocycles. The number of aliphatic hydroxyl groups is 1. The molecule has 176 valence electrons. The number of aliphatic hydroxyl groups excluding tert-OH is 1. The maximum atomic E-state index is 12.7. The second kappa shape index (κ2) is 6.61. The standard InChI is InChI=1S/C29H48O2/c1-18-24(31)21(30)16-23-27(18,5)11-9-22-28(6)15-14-26(4)13-12-25(2,3)17-20(26)19(28)8-10-29(22,23)7/h18-23,30H,8-17H2,1-7H3/t18-,19+,20+,21+,22-,23-,26+,27+,28-,29+/m0/s1. The molecule has 5 saturated carbocycles. The van der Waals surface area contributed by atoms with Crippen molar-refractivity contribution in [2.45, 2.75) is 119 Å². The maximum absolute atomic E-state index is 12.7. The summed E-state index contributed by atoms with van der Waals surface area (Å²) in [6.45, 7) is 17.4. The predicted molar refractivity (Wildman–Crippen MR) is 127 cm³/mol. The maximum Gasteiger partial charge on any atom is 0.164 e. The van der Waals surface area contributed by atoms with Gasteiger partial charge >= 0.3 is 0 Å². The van der Waals surface area contributed by atoms with Crippen LogP contribution in [0, 0.1) is 56.7 Å². The Labute approximate surface area is 191 Å². The number of rotatable bonds is 0. The SMILES string of the molecule is C[C@H]1C(=O)[C@H](O)C[C@@H]2[C@]3(C)CC[C@@H]4[C@H]5CC(C)(C)CC[C@]5(C)CC[C@]4(C)[C@@H]3CC[C@@]21C. The van der Waals surface area contributed by atoms with Crippen LogP contribution in [0.25, 0.3) is 0 Å². The summed E-state index contributed by atoms with van der Waals surface area (Å²) in [5.74, 6) is 3.08. The van der Waals surface area contributed by atoms with Crippen molar-refractivity contribution in [1.82, 2.24) is 0 Å². The molecule has 5 rings (SSSR count). The second-order valence-corrected chi connectivity index (χ2v) is 14.8. The van der Waals surface area contributed by atoms with Crippen LogP contribution in [0.1, 0.15) is 113 Å². The molecule has 0 aromatic rings. The van der Waals surface area contributed by atoms with E-state index in [-0.39, 0.29) is 22.5 Å². The van der Waals surface area contributed by atoms with Crippen molar-refractivity contribution in [1.29, 1.82) is 0 Å². The topological polar surface area (TPSA) is 37.3 Å². The highest BCUT2D eigenvalue weighted by molar-refractivity contribution is 5.86. The number of fused-ring (bicyclic) bond motifs is 7. The summed E-state index contributed by atoms with van der Waals surface area (Å²) in [6.07, 6.45) is 12.1. The first kappa shape index (κ1) is 22.4. The second-order valence-electron chi connectivity index (χ2n) is 14.8. The molecule has 2 nitrogen and oxygen atoms in total. The van der Waals surface area contributed by atoms with Crippen molar-refractivity contribution in [3.8, 4) is 0 Å². The molecule has 0 unspecified atom stereocenters. The molecule has 10 atom stereocenters. The van der Waals surface area contributed by atoms with Crippen molar-refractivity contribution in [3.63, 3.8) is 0 Å². The van der Waals surface area contributed by atoms with E-state index in [0.29, 0.717) is 28.6 Å². The van der Waals surface area contributed by atoms with E-state index in [1.807, 2.05) is 0 Å². The first-order valence-electron chi connectivity index (χ1n) is 13.5. The molecule has 0 aromatic heterocycles. The van der Waals surface area contributed by atoms with Gasteiger partial charge in [-0.15, -0.1) is 0 Å². The van der Waals surface area contributed by atoms with E-state index in [4.69, 9.17) is 0 Å². The van der Waals surface area contributed by atoms with Gasteiger partial charge in [-0.25, -0.2) is 0 Å². The summed E-state index contributed by atoms with van der Waals surface area (Å²) in [5, 5.41) is 10.7. The molecule has 1 N–H and O–H groups in total. The number of carbonyl (C=O) groups is 1. The van der Waals surface area contributed by atoms with Gasteiger partial charge in [0.25, 0.3) is 0 Å². The van der Waals surface area contributed by atoms with E-state index in [9.17, 15) is 9.90 Å². The highest BCUT2D eigenvalue weighted by atomic mass is 16.3. The van der Waals surface area contributed by atoms with Gasteiger partial charge in [0.05, 0.1) is 0 Å². The van der Waals surface area contributed by atoms with Crippen LogP contribution < -0.4 is 0 Å². The Balaban J connectivity index is 1.51. The lowest BCUT2D eigenvalue weighted by Gasteiger charge is -2.71. The smallest absolute Gasteiger partial charge is 0.164 e. The molecule has 0 spiro atoms. The predicted octanol–water partition coefficient (Wildman–Crippen LogP) is 7.04. The molecule has 5 fully saturated rings. The minimum Gasteiger partial charge on any atom is -0.385 e. The van der Waals surface area contributed by atoms with Gasteiger partial charge in [0.1, 0.15) is 6.10 Å².